The second-order valence-electron chi connectivity index (χ2n) is 5.91. The van der Waals surface area contributed by atoms with Gasteiger partial charge in [0, 0.05) is 17.0 Å². The molecule has 0 saturated carbocycles. The quantitative estimate of drug-likeness (QED) is 0.539. The van der Waals surface area contributed by atoms with Crippen molar-refractivity contribution in [3.63, 3.8) is 0 Å². The minimum Gasteiger partial charge on any atom is -0.342 e. The van der Waals surface area contributed by atoms with Crippen LogP contribution >= 0.6 is 0 Å². The molecule has 3 N–H and O–H groups in total. The highest BCUT2D eigenvalue weighted by Gasteiger charge is 2.17. The maximum atomic E-state index is 12.7. The number of para-hydroxylation sites is 2. The van der Waals surface area contributed by atoms with E-state index in [2.05, 4.69) is 20.3 Å². The number of pyridine rings is 1. The van der Waals surface area contributed by atoms with Gasteiger partial charge in [0.2, 0.25) is 0 Å². The summed E-state index contributed by atoms with van der Waals surface area (Å²) in [6.07, 6.45) is 1.45. The fraction of sp³-hybridized carbons (Fsp3) is 0.105. The summed E-state index contributed by atoms with van der Waals surface area (Å²) in [5.74, 6) is 0.420. The lowest BCUT2D eigenvalue weighted by Gasteiger charge is -2.12. The van der Waals surface area contributed by atoms with Crippen molar-refractivity contribution in [2.75, 3.05) is 0 Å². The highest BCUT2D eigenvalue weighted by molar-refractivity contribution is 6.06. The third-order valence-electron chi connectivity index (χ3n) is 4.22. The van der Waals surface area contributed by atoms with E-state index in [4.69, 9.17) is 0 Å². The van der Waals surface area contributed by atoms with Crippen LogP contribution in [-0.4, -0.2) is 20.9 Å². The van der Waals surface area contributed by atoms with Gasteiger partial charge < -0.3 is 15.3 Å². The number of benzene rings is 2. The number of rotatable bonds is 3. The van der Waals surface area contributed by atoms with Crippen LogP contribution in [0.1, 0.15) is 29.1 Å². The zero-order valence-electron chi connectivity index (χ0n) is 13.5. The van der Waals surface area contributed by atoms with Gasteiger partial charge in [-0.05, 0) is 25.1 Å². The molecule has 2 aromatic carbocycles. The summed E-state index contributed by atoms with van der Waals surface area (Å²) in [6, 6.07) is 14.5. The fourth-order valence-corrected chi connectivity index (χ4v) is 2.92. The zero-order chi connectivity index (χ0) is 17.4. The van der Waals surface area contributed by atoms with Gasteiger partial charge in [-0.2, -0.15) is 0 Å². The molecule has 6 heteroatoms. The monoisotopic (exact) mass is 332 g/mol. The first-order valence-corrected chi connectivity index (χ1v) is 7.99. The summed E-state index contributed by atoms with van der Waals surface area (Å²) in [5.41, 5.74) is 2.00. The first-order valence-electron chi connectivity index (χ1n) is 7.99. The normalized spacial score (nSPS) is 12.4. The Balaban J connectivity index is 1.66. The van der Waals surface area contributed by atoms with Crippen molar-refractivity contribution in [1.29, 1.82) is 0 Å². The van der Waals surface area contributed by atoms with Gasteiger partial charge in [0.05, 0.1) is 22.6 Å². The topological polar surface area (TPSA) is 90.6 Å². The summed E-state index contributed by atoms with van der Waals surface area (Å²) in [6.45, 7) is 1.86. The van der Waals surface area contributed by atoms with Gasteiger partial charge in [-0.3, -0.25) is 9.59 Å². The minimum absolute atomic E-state index is 0.211. The number of amides is 1. The largest absolute Gasteiger partial charge is 0.342 e. The van der Waals surface area contributed by atoms with E-state index >= 15 is 0 Å². The summed E-state index contributed by atoms with van der Waals surface area (Å²) in [5, 5.41) is 4.05. The van der Waals surface area contributed by atoms with Crippen LogP contribution in [0, 0.1) is 0 Å². The molecule has 2 aromatic heterocycles. The number of aromatic amines is 2. The fourth-order valence-electron chi connectivity index (χ4n) is 2.92. The van der Waals surface area contributed by atoms with E-state index in [9.17, 15) is 9.59 Å². The summed E-state index contributed by atoms with van der Waals surface area (Å²) in [4.78, 5) is 34.9. The Labute approximate surface area is 142 Å². The number of carbonyl (C=O) groups is 1. The first kappa shape index (κ1) is 15.1. The number of aromatic nitrogens is 3. The average Bonchev–Trinajstić information content (AvgIpc) is 3.06. The lowest BCUT2D eigenvalue weighted by atomic mass is 10.1. The van der Waals surface area contributed by atoms with Crippen LogP contribution in [0.5, 0.6) is 0 Å². The summed E-state index contributed by atoms with van der Waals surface area (Å²) >= 11 is 0. The molecule has 0 saturated heterocycles. The van der Waals surface area contributed by atoms with E-state index in [1.807, 2.05) is 31.2 Å². The van der Waals surface area contributed by atoms with Crippen LogP contribution in [0.25, 0.3) is 21.8 Å². The van der Waals surface area contributed by atoms with E-state index < -0.39 is 0 Å². The van der Waals surface area contributed by atoms with Gasteiger partial charge in [-0.15, -0.1) is 0 Å². The van der Waals surface area contributed by atoms with Crippen LogP contribution in [0.2, 0.25) is 0 Å². The number of carbonyl (C=O) groups excluding carboxylic acids is 1. The molecule has 0 radical (unpaired) electrons. The van der Waals surface area contributed by atoms with E-state index in [0.29, 0.717) is 22.2 Å². The van der Waals surface area contributed by atoms with Crippen molar-refractivity contribution in [2.45, 2.75) is 13.0 Å². The molecule has 4 rings (SSSR count). The standard InChI is InChI=1S/C19H16N4O2/c1-11(17-22-15-8-4-5-9-16(15)23-17)21-19(25)14-10-20-18(24)13-7-3-2-6-12(13)14/h2-11H,1H3,(H,20,24)(H,21,25)(H,22,23)/t11-/m0/s1. The molecule has 4 aromatic rings. The SMILES string of the molecule is C[C@H](NC(=O)c1c[nH]c(=O)c2ccccc12)c1nc2ccccc2[nH]1. The molecule has 124 valence electrons. The van der Waals surface area contributed by atoms with Crippen molar-refractivity contribution in [2.24, 2.45) is 0 Å². The number of nitrogens with zero attached hydrogens (tertiary/aromatic N) is 1. The number of nitrogens with one attached hydrogen (secondary N) is 3. The lowest BCUT2D eigenvalue weighted by Crippen LogP contribution is -2.28. The van der Waals surface area contributed by atoms with E-state index in [1.54, 1.807) is 24.3 Å². The maximum absolute atomic E-state index is 12.7. The maximum Gasteiger partial charge on any atom is 0.255 e. The molecule has 2 heterocycles. The Bertz CT molecular complexity index is 1110. The van der Waals surface area contributed by atoms with Gasteiger partial charge >= 0.3 is 0 Å². The Morgan fingerprint density at radius 1 is 1.08 bits per heavy atom. The van der Waals surface area contributed by atoms with Crippen LogP contribution < -0.4 is 10.9 Å². The average molecular weight is 332 g/mol. The van der Waals surface area contributed by atoms with Gasteiger partial charge in [-0.1, -0.05) is 30.3 Å². The predicted octanol–water partition coefficient (Wildman–Crippen LogP) is 2.90. The Kier molecular flexibility index (Phi) is 3.57. The smallest absolute Gasteiger partial charge is 0.255 e. The number of H-pyrrole nitrogens is 2. The molecule has 0 aliphatic heterocycles. The Morgan fingerprint density at radius 3 is 2.60 bits per heavy atom. The van der Waals surface area contributed by atoms with Crippen LogP contribution in [0.3, 0.4) is 0 Å². The predicted molar refractivity (Wildman–Crippen MR) is 96.5 cm³/mol. The Hall–Kier alpha value is -3.41. The highest BCUT2D eigenvalue weighted by Crippen LogP contribution is 2.18. The Morgan fingerprint density at radius 2 is 1.80 bits per heavy atom. The molecule has 25 heavy (non-hydrogen) atoms. The molecular weight excluding hydrogens is 316 g/mol. The van der Waals surface area contributed by atoms with Crippen LogP contribution in [0.4, 0.5) is 0 Å². The third-order valence-corrected chi connectivity index (χ3v) is 4.22. The molecule has 6 nitrogen and oxygen atoms in total. The van der Waals surface area contributed by atoms with Gasteiger partial charge in [0.1, 0.15) is 5.82 Å². The number of hydrogen-bond acceptors (Lipinski definition) is 3. The van der Waals surface area contributed by atoms with Gasteiger partial charge in [0.25, 0.3) is 11.5 Å². The second-order valence-corrected chi connectivity index (χ2v) is 5.91. The number of hydrogen-bond donors (Lipinski definition) is 3. The minimum atomic E-state index is -0.300. The van der Waals surface area contributed by atoms with Crippen LogP contribution in [-0.2, 0) is 0 Å². The van der Waals surface area contributed by atoms with E-state index in [0.717, 1.165) is 11.0 Å². The van der Waals surface area contributed by atoms with Crippen molar-refractivity contribution in [1.82, 2.24) is 20.3 Å². The third kappa shape index (κ3) is 2.67. The van der Waals surface area contributed by atoms with Crippen LogP contribution in [0.15, 0.2) is 59.5 Å². The first-order chi connectivity index (χ1) is 12.1. The number of imidazole rings is 1. The van der Waals surface area contributed by atoms with Crippen molar-refractivity contribution in [3.05, 3.63) is 76.5 Å². The molecule has 0 aliphatic carbocycles. The second kappa shape index (κ2) is 5.90. The summed E-state index contributed by atoms with van der Waals surface area (Å²) in [7, 11) is 0. The number of fused-ring (bicyclic) bond motifs is 2. The van der Waals surface area contributed by atoms with Gasteiger partial charge in [0.15, 0.2) is 0 Å². The zero-order valence-corrected chi connectivity index (χ0v) is 13.5. The van der Waals surface area contributed by atoms with Crippen molar-refractivity contribution in [3.8, 4) is 0 Å². The molecule has 1 atom stereocenters. The molecule has 0 unspecified atom stereocenters. The van der Waals surface area contributed by atoms with E-state index in [1.165, 1.54) is 6.20 Å². The lowest BCUT2D eigenvalue weighted by molar-refractivity contribution is 0.0940. The highest BCUT2D eigenvalue weighted by atomic mass is 16.2. The molecule has 0 spiro atoms. The molecule has 0 fully saturated rings. The molecule has 1 amide bonds. The molecule has 0 aliphatic rings. The molecule has 0 bridgehead atoms. The van der Waals surface area contributed by atoms with Gasteiger partial charge in [-0.25, -0.2) is 4.98 Å². The molecular formula is C19H16N4O2. The van der Waals surface area contributed by atoms with Crippen molar-refractivity contribution < 1.29 is 4.79 Å². The summed E-state index contributed by atoms with van der Waals surface area (Å²) < 4.78 is 0. The van der Waals surface area contributed by atoms with E-state index in [-0.39, 0.29) is 17.5 Å². The van der Waals surface area contributed by atoms with Crippen molar-refractivity contribution >= 4 is 27.7 Å².